The van der Waals surface area contributed by atoms with Crippen molar-refractivity contribution < 1.29 is 18.8 Å². The number of carbonyl (C=O) groups is 3. The molecule has 0 saturated carbocycles. The molecule has 1 aromatic rings. The first-order valence-electron chi connectivity index (χ1n) is 8.72. The lowest BCUT2D eigenvalue weighted by Crippen LogP contribution is -2.53. The Labute approximate surface area is 157 Å². The van der Waals surface area contributed by atoms with Gasteiger partial charge in [0.05, 0.1) is 6.26 Å². The van der Waals surface area contributed by atoms with Crippen molar-refractivity contribution in [1.82, 2.24) is 16.0 Å². The zero-order valence-corrected chi connectivity index (χ0v) is 15.6. The molecule has 0 fully saturated rings. The molecule has 0 aliphatic heterocycles. The first-order chi connectivity index (χ1) is 12.7. The number of carbonyl (C=O) groups excluding carboxylic acids is 3. The van der Waals surface area contributed by atoms with E-state index in [2.05, 4.69) is 16.0 Å². The SMILES string of the molecule is CC(C)C[C@H](NC(=O)[C@H](CCCNC(=N)N)NC(=O)c1ccco1)C(N)=O. The summed E-state index contributed by atoms with van der Waals surface area (Å²) in [5.41, 5.74) is 10.6. The molecule has 0 unspecified atom stereocenters. The lowest BCUT2D eigenvalue weighted by molar-refractivity contribution is -0.128. The van der Waals surface area contributed by atoms with Crippen molar-refractivity contribution in [3.63, 3.8) is 0 Å². The highest BCUT2D eigenvalue weighted by atomic mass is 16.3. The van der Waals surface area contributed by atoms with E-state index in [0.717, 1.165) is 0 Å². The third-order valence-corrected chi connectivity index (χ3v) is 3.72. The van der Waals surface area contributed by atoms with Crippen molar-refractivity contribution in [2.75, 3.05) is 6.54 Å². The predicted octanol–water partition coefficient (Wildman–Crippen LogP) is -0.343. The van der Waals surface area contributed by atoms with E-state index in [1.807, 2.05) is 13.8 Å². The number of hydrogen-bond acceptors (Lipinski definition) is 5. The van der Waals surface area contributed by atoms with Gasteiger partial charge in [-0.15, -0.1) is 0 Å². The molecule has 0 aliphatic rings. The molecule has 10 nitrogen and oxygen atoms in total. The Morgan fingerprint density at radius 1 is 1.19 bits per heavy atom. The van der Waals surface area contributed by atoms with Gasteiger partial charge >= 0.3 is 0 Å². The van der Waals surface area contributed by atoms with Gasteiger partial charge in [0.15, 0.2) is 11.7 Å². The van der Waals surface area contributed by atoms with Crippen LogP contribution >= 0.6 is 0 Å². The Hall–Kier alpha value is -3.04. The molecule has 1 rings (SSSR count). The van der Waals surface area contributed by atoms with Gasteiger partial charge in [-0.3, -0.25) is 19.8 Å². The summed E-state index contributed by atoms with van der Waals surface area (Å²) in [6.45, 7) is 4.18. The second-order valence-electron chi connectivity index (χ2n) is 6.58. The molecule has 27 heavy (non-hydrogen) atoms. The second-order valence-corrected chi connectivity index (χ2v) is 6.58. The van der Waals surface area contributed by atoms with Crippen molar-refractivity contribution in [3.8, 4) is 0 Å². The monoisotopic (exact) mass is 380 g/mol. The van der Waals surface area contributed by atoms with E-state index in [1.54, 1.807) is 6.07 Å². The fourth-order valence-electron chi connectivity index (χ4n) is 2.43. The van der Waals surface area contributed by atoms with Gasteiger partial charge in [0.2, 0.25) is 11.8 Å². The largest absolute Gasteiger partial charge is 0.459 e. The number of furan rings is 1. The molecule has 0 saturated heterocycles. The van der Waals surface area contributed by atoms with Gasteiger partial charge in [0.25, 0.3) is 5.91 Å². The predicted molar refractivity (Wildman–Crippen MR) is 99.7 cm³/mol. The molecule has 150 valence electrons. The summed E-state index contributed by atoms with van der Waals surface area (Å²) in [7, 11) is 0. The number of nitrogens with two attached hydrogens (primary N) is 2. The maximum Gasteiger partial charge on any atom is 0.287 e. The molecule has 0 spiro atoms. The van der Waals surface area contributed by atoms with Gasteiger partial charge in [-0.1, -0.05) is 13.8 Å². The maximum absolute atomic E-state index is 12.6. The Kier molecular flexibility index (Phi) is 8.83. The Balaban J connectivity index is 2.77. The topological polar surface area (TPSA) is 176 Å². The van der Waals surface area contributed by atoms with Crippen molar-refractivity contribution in [2.24, 2.45) is 17.4 Å². The first-order valence-corrected chi connectivity index (χ1v) is 8.72. The van der Waals surface area contributed by atoms with E-state index in [1.165, 1.54) is 12.3 Å². The molecule has 2 atom stereocenters. The zero-order valence-electron chi connectivity index (χ0n) is 15.6. The van der Waals surface area contributed by atoms with Gasteiger partial charge in [-0.05, 0) is 37.3 Å². The minimum atomic E-state index is -0.898. The van der Waals surface area contributed by atoms with Crippen LogP contribution in [0.5, 0.6) is 0 Å². The summed E-state index contributed by atoms with van der Waals surface area (Å²) in [5.74, 6) is -1.64. The van der Waals surface area contributed by atoms with E-state index >= 15 is 0 Å². The van der Waals surface area contributed by atoms with E-state index in [4.69, 9.17) is 21.3 Å². The molecular formula is C17H28N6O4. The maximum atomic E-state index is 12.6. The van der Waals surface area contributed by atoms with E-state index in [0.29, 0.717) is 19.4 Å². The number of hydrogen-bond donors (Lipinski definition) is 6. The quantitative estimate of drug-likeness (QED) is 0.174. The van der Waals surface area contributed by atoms with Crippen molar-refractivity contribution >= 4 is 23.7 Å². The van der Waals surface area contributed by atoms with Crippen molar-refractivity contribution in [1.29, 1.82) is 5.41 Å². The average Bonchev–Trinajstić information content (AvgIpc) is 3.10. The summed E-state index contributed by atoms with van der Waals surface area (Å²) in [6.07, 6.45) is 2.48. The van der Waals surface area contributed by atoms with Crippen LogP contribution in [0.15, 0.2) is 22.8 Å². The van der Waals surface area contributed by atoms with Crippen LogP contribution in [-0.4, -0.2) is 42.3 Å². The Morgan fingerprint density at radius 2 is 1.89 bits per heavy atom. The van der Waals surface area contributed by atoms with Crippen LogP contribution < -0.4 is 27.4 Å². The zero-order chi connectivity index (χ0) is 20.4. The van der Waals surface area contributed by atoms with Crippen LogP contribution in [0.1, 0.15) is 43.7 Å². The van der Waals surface area contributed by atoms with E-state index < -0.39 is 29.8 Å². The molecule has 0 bridgehead atoms. The smallest absolute Gasteiger partial charge is 0.287 e. The third kappa shape index (κ3) is 8.25. The molecule has 8 N–H and O–H groups in total. The highest BCUT2D eigenvalue weighted by molar-refractivity contribution is 5.96. The molecular weight excluding hydrogens is 352 g/mol. The third-order valence-electron chi connectivity index (χ3n) is 3.72. The number of primary amides is 1. The number of rotatable bonds is 11. The average molecular weight is 380 g/mol. The fourth-order valence-corrected chi connectivity index (χ4v) is 2.43. The van der Waals surface area contributed by atoms with Crippen molar-refractivity contribution in [2.45, 2.75) is 45.2 Å². The minimum Gasteiger partial charge on any atom is -0.459 e. The molecule has 0 radical (unpaired) electrons. The van der Waals surface area contributed by atoms with Crippen LogP contribution in [0.2, 0.25) is 0 Å². The second kappa shape index (κ2) is 10.8. The molecule has 3 amide bonds. The lowest BCUT2D eigenvalue weighted by atomic mass is 10.0. The normalized spacial score (nSPS) is 12.9. The van der Waals surface area contributed by atoms with Gasteiger partial charge < -0.3 is 31.8 Å². The van der Waals surface area contributed by atoms with Crippen LogP contribution in [-0.2, 0) is 9.59 Å². The molecule has 1 aromatic heterocycles. The van der Waals surface area contributed by atoms with Gasteiger partial charge in [-0.2, -0.15) is 0 Å². The van der Waals surface area contributed by atoms with E-state index in [9.17, 15) is 14.4 Å². The summed E-state index contributed by atoms with van der Waals surface area (Å²) >= 11 is 0. The first kappa shape index (κ1) is 22.0. The van der Waals surface area contributed by atoms with Crippen molar-refractivity contribution in [3.05, 3.63) is 24.2 Å². The van der Waals surface area contributed by atoms with E-state index in [-0.39, 0.29) is 24.1 Å². The Bertz CT molecular complexity index is 644. The number of guanidine groups is 1. The Morgan fingerprint density at radius 3 is 2.41 bits per heavy atom. The summed E-state index contributed by atoms with van der Waals surface area (Å²) < 4.78 is 5.03. The van der Waals surface area contributed by atoms with Gasteiger partial charge in [0, 0.05) is 6.54 Å². The van der Waals surface area contributed by atoms with Crippen LogP contribution in [0, 0.1) is 11.3 Å². The summed E-state index contributed by atoms with van der Waals surface area (Å²) in [5, 5.41) is 15.0. The van der Waals surface area contributed by atoms with Gasteiger partial charge in [0.1, 0.15) is 12.1 Å². The number of amides is 3. The summed E-state index contributed by atoms with van der Waals surface area (Å²) in [4.78, 5) is 36.4. The molecule has 0 aromatic carbocycles. The lowest BCUT2D eigenvalue weighted by Gasteiger charge is -2.22. The minimum absolute atomic E-state index is 0.0725. The number of nitrogens with one attached hydrogen (secondary N) is 4. The van der Waals surface area contributed by atoms with Gasteiger partial charge in [-0.25, -0.2) is 0 Å². The fraction of sp³-hybridized carbons (Fsp3) is 0.529. The highest BCUT2D eigenvalue weighted by Gasteiger charge is 2.26. The highest BCUT2D eigenvalue weighted by Crippen LogP contribution is 2.07. The molecule has 10 heteroatoms. The molecule has 1 heterocycles. The van der Waals surface area contributed by atoms with Crippen LogP contribution in [0.3, 0.4) is 0 Å². The summed E-state index contributed by atoms with van der Waals surface area (Å²) in [6, 6.07) is 1.32. The van der Waals surface area contributed by atoms with Crippen LogP contribution in [0.4, 0.5) is 0 Å². The standard InChI is InChI=1S/C17H28N6O4/c1-10(2)9-12(14(18)24)23-15(25)11(5-3-7-21-17(19)20)22-16(26)13-6-4-8-27-13/h4,6,8,10-12H,3,5,7,9H2,1-2H3,(H2,18,24)(H,22,26)(H,23,25)(H4,19,20,21)/t11-,12-/m0/s1. The molecule has 0 aliphatic carbocycles. The van der Waals surface area contributed by atoms with Crippen LogP contribution in [0.25, 0.3) is 0 Å².